The summed E-state index contributed by atoms with van der Waals surface area (Å²) in [7, 11) is 0. The SMILES string of the molecule is CC(C)c1ocnc1CC#N. The molecule has 0 fully saturated rings. The fourth-order valence-corrected chi connectivity index (χ4v) is 0.955. The summed E-state index contributed by atoms with van der Waals surface area (Å²) < 4.78 is 5.12. The van der Waals surface area contributed by atoms with Gasteiger partial charge in [0, 0.05) is 5.92 Å². The van der Waals surface area contributed by atoms with Gasteiger partial charge in [0.25, 0.3) is 0 Å². The Kier molecular flexibility index (Phi) is 2.27. The zero-order chi connectivity index (χ0) is 8.27. The average Bonchev–Trinajstić information content (AvgIpc) is 2.36. The summed E-state index contributed by atoms with van der Waals surface area (Å²) >= 11 is 0. The minimum atomic E-state index is 0.306. The van der Waals surface area contributed by atoms with E-state index in [1.54, 1.807) is 0 Å². The topological polar surface area (TPSA) is 49.8 Å². The van der Waals surface area contributed by atoms with Crippen LogP contribution in [0.4, 0.5) is 0 Å². The molecule has 0 saturated carbocycles. The summed E-state index contributed by atoms with van der Waals surface area (Å²) in [6.45, 7) is 4.03. The summed E-state index contributed by atoms with van der Waals surface area (Å²) in [5, 5.41) is 8.41. The largest absolute Gasteiger partial charge is 0.448 e. The minimum Gasteiger partial charge on any atom is -0.448 e. The van der Waals surface area contributed by atoms with Crippen molar-refractivity contribution in [3.63, 3.8) is 0 Å². The summed E-state index contributed by atoms with van der Waals surface area (Å²) in [5.74, 6) is 1.13. The van der Waals surface area contributed by atoms with Crippen LogP contribution < -0.4 is 0 Å². The van der Waals surface area contributed by atoms with Gasteiger partial charge in [0.1, 0.15) is 5.76 Å². The Labute approximate surface area is 65.7 Å². The second-order valence-corrected chi connectivity index (χ2v) is 2.65. The molecule has 11 heavy (non-hydrogen) atoms. The molecule has 0 atom stereocenters. The molecule has 0 aliphatic rings. The van der Waals surface area contributed by atoms with Crippen molar-refractivity contribution in [2.75, 3.05) is 0 Å². The maximum atomic E-state index is 8.41. The van der Waals surface area contributed by atoms with E-state index < -0.39 is 0 Å². The first-order valence-corrected chi connectivity index (χ1v) is 3.55. The molecule has 3 nitrogen and oxygen atoms in total. The fourth-order valence-electron chi connectivity index (χ4n) is 0.955. The highest BCUT2D eigenvalue weighted by molar-refractivity contribution is 5.14. The quantitative estimate of drug-likeness (QED) is 0.646. The molecule has 1 aromatic heterocycles. The molecule has 0 radical (unpaired) electrons. The molecular formula is C8H10N2O. The first-order valence-electron chi connectivity index (χ1n) is 3.55. The van der Waals surface area contributed by atoms with Crippen molar-refractivity contribution in [3.8, 4) is 6.07 Å². The van der Waals surface area contributed by atoms with Gasteiger partial charge < -0.3 is 4.42 Å². The van der Waals surface area contributed by atoms with Gasteiger partial charge in [-0.15, -0.1) is 0 Å². The van der Waals surface area contributed by atoms with E-state index in [0.717, 1.165) is 11.5 Å². The first kappa shape index (κ1) is 7.80. The maximum Gasteiger partial charge on any atom is 0.181 e. The molecule has 0 aliphatic carbocycles. The second-order valence-electron chi connectivity index (χ2n) is 2.65. The molecule has 0 amide bonds. The van der Waals surface area contributed by atoms with Crippen LogP contribution in [-0.4, -0.2) is 4.98 Å². The summed E-state index contributed by atoms with van der Waals surface area (Å²) in [6, 6.07) is 2.04. The molecule has 1 heterocycles. The van der Waals surface area contributed by atoms with E-state index in [9.17, 15) is 0 Å². The zero-order valence-electron chi connectivity index (χ0n) is 6.66. The van der Waals surface area contributed by atoms with E-state index in [0.29, 0.717) is 12.3 Å². The van der Waals surface area contributed by atoms with Gasteiger partial charge in [0.2, 0.25) is 0 Å². The van der Waals surface area contributed by atoms with Gasteiger partial charge in [-0.05, 0) is 0 Å². The third-order valence-corrected chi connectivity index (χ3v) is 1.44. The maximum absolute atomic E-state index is 8.41. The lowest BCUT2D eigenvalue weighted by Crippen LogP contribution is -1.91. The van der Waals surface area contributed by atoms with E-state index in [-0.39, 0.29) is 0 Å². The Hall–Kier alpha value is -1.30. The van der Waals surface area contributed by atoms with Crippen molar-refractivity contribution in [2.45, 2.75) is 26.2 Å². The Morgan fingerprint density at radius 3 is 3.00 bits per heavy atom. The molecule has 3 heteroatoms. The monoisotopic (exact) mass is 150 g/mol. The third kappa shape index (κ3) is 1.58. The molecule has 0 aliphatic heterocycles. The molecule has 0 bridgehead atoms. The van der Waals surface area contributed by atoms with Crippen LogP contribution in [-0.2, 0) is 6.42 Å². The van der Waals surface area contributed by atoms with Gasteiger partial charge in [-0.1, -0.05) is 13.8 Å². The predicted octanol–water partition coefficient (Wildman–Crippen LogP) is 1.86. The molecule has 1 rings (SSSR count). The van der Waals surface area contributed by atoms with E-state index in [1.165, 1.54) is 6.39 Å². The number of oxazole rings is 1. The molecule has 58 valence electrons. The van der Waals surface area contributed by atoms with Crippen LogP contribution in [0.5, 0.6) is 0 Å². The van der Waals surface area contributed by atoms with Crippen LogP contribution in [0.3, 0.4) is 0 Å². The first-order chi connectivity index (χ1) is 5.25. The Bertz CT molecular complexity index is 270. The average molecular weight is 150 g/mol. The molecule has 0 N–H and O–H groups in total. The molecule has 0 unspecified atom stereocenters. The molecule has 0 spiro atoms. The van der Waals surface area contributed by atoms with Gasteiger partial charge in [-0.3, -0.25) is 0 Å². The smallest absolute Gasteiger partial charge is 0.181 e. The van der Waals surface area contributed by atoms with Gasteiger partial charge in [0.15, 0.2) is 6.39 Å². The lowest BCUT2D eigenvalue weighted by Gasteiger charge is -1.99. The Balaban J connectivity index is 2.89. The van der Waals surface area contributed by atoms with Crippen molar-refractivity contribution in [3.05, 3.63) is 17.8 Å². The van der Waals surface area contributed by atoms with Crippen LogP contribution in [0.1, 0.15) is 31.2 Å². The summed E-state index contributed by atoms with van der Waals surface area (Å²) in [5.41, 5.74) is 0.766. The second kappa shape index (κ2) is 3.20. The van der Waals surface area contributed by atoms with E-state index in [4.69, 9.17) is 9.68 Å². The number of nitrogens with zero attached hydrogens (tertiary/aromatic N) is 2. The standard InChI is InChI=1S/C8H10N2O/c1-6(2)8-7(3-4-9)10-5-11-8/h5-6H,3H2,1-2H3. The normalized spacial score (nSPS) is 10.0. The molecule has 0 saturated heterocycles. The van der Waals surface area contributed by atoms with E-state index in [1.807, 2.05) is 19.9 Å². The van der Waals surface area contributed by atoms with E-state index >= 15 is 0 Å². The highest BCUT2D eigenvalue weighted by Gasteiger charge is 2.10. The highest BCUT2D eigenvalue weighted by atomic mass is 16.3. The number of hydrogen-bond acceptors (Lipinski definition) is 3. The molecule has 1 aromatic rings. The van der Waals surface area contributed by atoms with Gasteiger partial charge >= 0.3 is 0 Å². The number of aromatic nitrogens is 1. The van der Waals surface area contributed by atoms with Crippen LogP contribution >= 0.6 is 0 Å². The number of nitriles is 1. The summed E-state index contributed by atoms with van der Waals surface area (Å²) in [6.07, 6.45) is 1.73. The van der Waals surface area contributed by atoms with Crippen molar-refractivity contribution < 1.29 is 4.42 Å². The van der Waals surface area contributed by atoms with Crippen LogP contribution in [0.25, 0.3) is 0 Å². The third-order valence-electron chi connectivity index (χ3n) is 1.44. The fraction of sp³-hybridized carbons (Fsp3) is 0.500. The lowest BCUT2D eigenvalue weighted by molar-refractivity contribution is 0.479. The van der Waals surface area contributed by atoms with Crippen molar-refractivity contribution in [2.24, 2.45) is 0 Å². The van der Waals surface area contributed by atoms with Crippen molar-refractivity contribution in [1.29, 1.82) is 5.26 Å². The minimum absolute atomic E-state index is 0.306. The highest BCUT2D eigenvalue weighted by Crippen LogP contribution is 2.17. The lowest BCUT2D eigenvalue weighted by atomic mass is 10.1. The van der Waals surface area contributed by atoms with Gasteiger partial charge in [0.05, 0.1) is 18.2 Å². The van der Waals surface area contributed by atoms with Crippen molar-refractivity contribution >= 4 is 0 Å². The molecular weight excluding hydrogens is 140 g/mol. The zero-order valence-corrected chi connectivity index (χ0v) is 6.66. The predicted molar refractivity (Wildman–Crippen MR) is 39.9 cm³/mol. The summed E-state index contributed by atoms with van der Waals surface area (Å²) in [4.78, 5) is 3.94. The van der Waals surface area contributed by atoms with Gasteiger partial charge in [-0.2, -0.15) is 5.26 Å². The van der Waals surface area contributed by atoms with Gasteiger partial charge in [-0.25, -0.2) is 4.98 Å². The molecule has 0 aromatic carbocycles. The van der Waals surface area contributed by atoms with Crippen LogP contribution in [0.15, 0.2) is 10.8 Å². The Morgan fingerprint density at radius 1 is 1.73 bits per heavy atom. The van der Waals surface area contributed by atoms with Crippen LogP contribution in [0, 0.1) is 11.3 Å². The van der Waals surface area contributed by atoms with Crippen LogP contribution in [0.2, 0.25) is 0 Å². The van der Waals surface area contributed by atoms with Crippen molar-refractivity contribution in [1.82, 2.24) is 4.98 Å². The van der Waals surface area contributed by atoms with E-state index in [2.05, 4.69) is 4.98 Å². The Morgan fingerprint density at radius 2 is 2.45 bits per heavy atom. The number of rotatable bonds is 2. The number of hydrogen-bond donors (Lipinski definition) is 0.